The number of nitro groups is 1. The second kappa shape index (κ2) is 4.56. The highest BCUT2D eigenvalue weighted by Gasteiger charge is 2.28. The van der Waals surface area contributed by atoms with E-state index < -0.39 is 16.6 Å². The van der Waals surface area contributed by atoms with E-state index in [0.717, 1.165) is 7.11 Å². The Kier molecular flexibility index (Phi) is 3.39. The van der Waals surface area contributed by atoms with Gasteiger partial charge in [0.05, 0.1) is 19.1 Å². The van der Waals surface area contributed by atoms with Gasteiger partial charge in [0.2, 0.25) is 0 Å². The molecule has 0 fully saturated rings. The van der Waals surface area contributed by atoms with Crippen molar-refractivity contribution in [2.45, 2.75) is 6.92 Å². The standard InChI is InChI=1S/C9H10N2O5/c1-5-4-6(9(12)16-3)7(11(13)14)8(10-5)15-2/h4H,1-3H3. The maximum absolute atomic E-state index is 11.3. The van der Waals surface area contributed by atoms with Crippen LogP contribution in [-0.2, 0) is 4.74 Å². The van der Waals surface area contributed by atoms with Crippen molar-refractivity contribution in [2.24, 2.45) is 0 Å². The summed E-state index contributed by atoms with van der Waals surface area (Å²) >= 11 is 0. The van der Waals surface area contributed by atoms with Gasteiger partial charge >= 0.3 is 11.7 Å². The number of rotatable bonds is 3. The van der Waals surface area contributed by atoms with Crippen LogP contribution in [-0.4, -0.2) is 30.1 Å². The number of ether oxygens (including phenoxy) is 2. The first kappa shape index (κ1) is 11.9. The number of methoxy groups -OCH3 is 2. The molecule has 0 radical (unpaired) electrons. The van der Waals surface area contributed by atoms with Crippen molar-refractivity contribution in [2.75, 3.05) is 14.2 Å². The van der Waals surface area contributed by atoms with Crippen molar-refractivity contribution < 1.29 is 19.2 Å². The maximum Gasteiger partial charge on any atom is 0.345 e. The van der Waals surface area contributed by atoms with Gasteiger partial charge in [0.25, 0.3) is 5.88 Å². The van der Waals surface area contributed by atoms with Gasteiger partial charge in [-0.2, -0.15) is 0 Å². The number of hydrogen-bond donors (Lipinski definition) is 0. The summed E-state index contributed by atoms with van der Waals surface area (Å²) in [5.41, 5.74) is -0.223. The summed E-state index contributed by atoms with van der Waals surface area (Å²) in [5, 5.41) is 10.8. The van der Waals surface area contributed by atoms with Gasteiger partial charge in [-0.15, -0.1) is 0 Å². The van der Waals surface area contributed by atoms with Crippen LogP contribution in [0.4, 0.5) is 5.69 Å². The number of esters is 1. The maximum atomic E-state index is 11.3. The largest absolute Gasteiger partial charge is 0.476 e. The second-order valence-electron chi connectivity index (χ2n) is 2.92. The van der Waals surface area contributed by atoms with Crippen LogP contribution in [0.25, 0.3) is 0 Å². The molecule has 1 heterocycles. The summed E-state index contributed by atoms with van der Waals surface area (Å²) < 4.78 is 9.22. The molecule has 1 aromatic rings. The quantitative estimate of drug-likeness (QED) is 0.435. The van der Waals surface area contributed by atoms with Crippen LogP contribution < -0.4 is 4.74 Å². The van der Waals surface area contributed by atoms with Crippen molar-refractivity contribution in [3.63, 3.8) is 0 Å². The van der Waals surface area contributed by atoms with E-state index in [1.165, 1.54) is 13.2 Å². The molecule has 0 aliphatic carbocycles. The third-order valence-electron chi connectivity index (χ3n) is 1.87. The van der Waals surface area contributed by atoms with E-state index in [1.54, 1.807) is 6.92 Å². The molecule has 0 aliphatic heterocycles. The van der Waals surface area contributed by atoms with E-state index in [0.29, 0.717) is 5.69 Å². The number of hydrogen-bond acceptors (Lipinski definition) is 6. The summed E-state index contributed by atoms with van der Waals surface area (Å²) in [6, 6.07) is 1.28. The number of carbonyl (C=O) groups excluding carboxylic acids is 1. The van der Waals surface area contributed by atoms with Crippen molar-refractivity contribution in [1.82, 2.24) is 4.98 Å². The molecule has 16 heavy (non-hydrogen) atoms. The monoisotopic (exact) mass is 226 g/mol. The molecule has 0 spiro atoms. The van der Waals surface area contributed by atoms with Crippen LogP contribution in [0.15, 0.2) is 6.07 Å². The number of aryl methyl sites for hydroxylation is 1. The second-order valence-corrected chi connectivity index (χ2v) is 2.92. The van der Waals surface area contributed by atoms with Crippen LogP contribution in [0.2, 0.25) is 0 Å². The van der Waals surface area contributed by atoms with Crippen LogP contribution in [0, 0.1) is 17.0 Å². The number of pyridine rings is 1. The van der Waals surface area contributed by atoms with Gasteiger partial charge in [0.15, 0.2) is 0 Å². The van der Waals surface area contributed by atoms with E-state index in [1.807, 2.05) is 0 Å². The lowest BCUT2D eigenvalue weighted by Gasteiger charge is -2.06. The predicted molar refractivity (Wildman–Crippen MR) is 53.5 cm³/mol. The first-order valence-electron chi connectivity index (χ1n) is 4.29. The van der Waals surface area contributed by atoms with Gasteiger partial charge in [-0.05, 0) is 13.0 Å². The summed E-state index contributed by atoms with van der Waals surface area (Å²) in [6.45, 7) is 1.60. The lowest BCUT2D eigenvalue weighted by molar-refractivity contribution is -0.386. The fraction of sp³-hybridized carbons (Fsp3) is 0.333. The molecule has 7 heteroatoms. The molecule has 1 aromatic heterocycles. The van der Waals surface area contributed by atoms with Gasteiger partial charge < -0.3 is 9.47 Å². The smallest absolute Gasteiger partial charge is 0.345 e. The Balaban J connectivity index is 3.50. The number of nitrogens with zero attached hydrogens (tertiary/aromatic N) is 2. The molecule has 0 amide bonds. The minimum Gasteiger partial charge on any atom is -0.476 e. The first-order chi connectivity index (χ1) is 7.51. The van der Waals surface area contributed by atoms with Crippen LogP contribution >= 0.6 is 0 Å². The van der Waals surface area contributed by atoms with Crippen molar-refractivity contribution in [3.05, 3.63) is 27.4 Å². The third-order valence-corrected chi connectivity index (χ3v) is 1.87. The van der Waals surface area contributed by atoms with E-state index in [2.05, 4.69) is 9.72 Å². The highest BCUT2D eigenvalue weighted by molar-refractivity contribution is 5.94. The zero-order chi connectivity index (χ0) is 12.3. The predicted octanol–water partition coefficient (Wildman–Crippen LogP) is 1.09. The van der Waals surface area contributed by atoms with Crippen LogP contribution in [0.3, 0.4) is 0 Å². The molecular weight excluding hydrogens is 216 g/mol. The topological polar surface area (TPSA) is 91.6 Å². The van der Waals surface area contributed by atoms with Crippen LogP contribution in [0.1, 0.15) is 16.1 Å². The Labute approximate surface area is 91.2 Å². The fourth-order valence-corrected chi connectivity index (χ4v) is 1.22. The zero-order valence-electron chi connectivity index (χ0n) is 9.01. The summed E-state index contributed by atoms with van der Waals surface area (Å²) in [6.07, 6.45) is 0. The number of carbonyl (C=O) groups is 1. The third kappa shape index (κ3) is 2.08. The zero-order valence-corrected chi connectivity index (χ0v) is 9.01. The van der Waals surface area contributed by atoms with Crippen molar-refractivity contribution in [1.29, 1.82) is 0 Å². The highest BCUT2D eigenvalue weighted by Crippen LogP contribution is 2.29. The highest BCUT2D eigenvalue weighted by atomic mass is 16.6. The normalized spacial score (nSPS) is 9.69. The number of aromatic nitrogens is 1. The molecule has 0 N–H and O–H groups in total. The fourth-order valence-electron chi connectivity index (χ4n) is 1.22. The molecule has 0 aromatic carbocycles. The molecule has 0 bridgehead atoms. The van der Waals surface area contributed by atoms with Crippen LogP contribution in [0.5, 0.6) is 5.88 Å². The summed E-state index contributed by atoms with van der Waals surface area (Å²) in [4.78, 5) is 25.3. The minimum absolute atomic E-state index is 0.170. The Bertz CT molecular complexity index is 444. The lowest BCUT2D eigenvalue weighted by atomic mass is 10.2. The van der Waals surface area contributed by atoms with Gasteiger partial charge in [-0.3, -0.25) is 10.1 Å². The van der Waals surface area contributed by atoms with Gasteiger partial charge in [-0.1, -0.05) is 0 Å². The SMILES string of the molecule is COC(=O)c1cc(C)nc(OC)c1[N+](=O)[O-]. The molecule has 86 valence electrons. The summed E-state index contributed by atoms with van der Waals surface area (Å²) in [7, 11) is 2.39. The van der Waals surface area contributed by atoms with Crippen molar-refractivity contribution in [3.8, 4) is 5.88 Å². The van der Waals surface area contributed by atoms with E-state index >= 15 is 0 Å². The average Bonchev–Trinajstić information content (AvgIpc) is 2.26. The van der Waals surface area contributed by atoms with Gasteiger partial charge in [-0.25, -0.2) is 9.78 Å². The lowest BCUT2D eigenvalue weighted by Crippen LogP contribution is -2.09. The van der Waals surface area contributed by atoms with E-state index in [4.69, 9.17) is 4.74 Å². The Morgan fingerprint density at radius 3 is 2.56 bits per heavy atom. The van der Waals surface area contributed by atoms with Gasteiger partial charge in [0, 0.05) is 5.69 Å². The Morgan fingerprint density at radius 2 is 2.12 bits per heavy atom. The molecule has 7 nitrogen and oxygen atoms in total. The van der Waals surface area contributed by atoms with E-state index in [-0.39, 0.29) is 11.4 Å². The molecule has 0 saturated carbocycles. The Morgan fingerprint density at radius 1 is 1.50 bits per heavy atom. The first-order valence-corrected chi connectivity index (χ1v) is 4.29. The van der Waals surface area contributed by atoms with E-state index in [9.17, 15) is 14.9 Å². The molecule has 0 unspecified atom stereocenters. The van der Waals surface area contributed by atoms with Gasteiger partial charge in [0.1, 0.15) is 5.56 Å². The molecular formula is C9H10N2O5. The molecule has 0 aliphatic rings. The molecule has 0 atom stereocenters. The van der Waals surface area contributed by atoms with Crippen molar-refractivity contribution >= 4 is 11.7 Å². The average molecular weight is 226 g/mol. The molecule has 0 saturated heterocycles. The Hall–Kier alpha value is -2.18. The molecule has 1 rings (SSSR count). The summed E-state index contributed by atoms with van der Waals surface area (Å²) in [5.74, 6) is -0.999. The minimum atomic E-state index is -0.796.